The van der Waals surface area contributed by atoms with Crippen molar-refractivity contribution in [1.82, 2.24) is 20.2 Å². The molecule has 1 saturated heterocycles. The molecule has 136 valence electrons. The van der Waals surface area contributed by atoms with Gasteiger partial charge in [0.1, 0.15) is 0 Å². The van der Waals surface area contributed by atoms with E-state index in [0.717, 1.165) is 19.5 Å². The highest BCUT2D eigenvalue weighted by molar-refractivity contribution is 5.81. The second kappa shape index (κ2) is 8.02. The van der Waals surface area contributed by atoms with Gasteiger partial charge in [0.05, 0.1) is 0 Å². The standard InChI is InChI=1S/C22H28N4/c1-2-21(18-6-5-9-23-15-18)24-14-17-7-8-22-19(12-17)13-20(25-22)16-26-10-3-4-11-26/h5-9,12-13,15,21,24-25H,2-4,10-11,14,16H2,1H3. The van der Waals surface area contributed by atoms with Crippen LogP contribution in [0.1, 0.15) is 49.0 Å². The van der Waals surface area contributed by atoms with Gasteiger partial charge in [-0.3, -0.25) is 9.88 Å². The monoisotopic (exact) mass is 348 g/mol. The normalized spacial score (nSPS) is 16.3. The fourth-order valence-corrected chi connectivity index (χ4v) is 3.94. The first-order valence-electron chi connectivity index (χ1n) is 9.78. The number of benzene rings is 1. The maximum absolute atomic E-state index is 4.25. The number of hydrogen-bond acceptors (Lipinski definition) is 3. The van der Waals surface area contributed by atoms with E-state index in [0.29, 0.717) is 6.04 Å². The van der Waals surface area contributed by atoms with Gasteiger partial charge in [-0.25, -0.2) is 0 Å². The van der Waals surface area contributed by atoms with Crippen molar-refractivity contribution in [2.24, 2.45) is 0 Å². The SMILES string of the molecule is CCC(NCc1ccc2[nH]c(CN3CCCC3)cc2c1)c1cccnc1. The minimum absolute atomic E-state index is 0.344. The lowest BCUT2D eigenvalue weighted by atomic mass is 10.1. The molecule has 1 unspecified atom stereocenters. The van der Waals surface area contributed by atoms with Gasteiger partial charge in [-0.15, -0.1) is 0 Å². The predicted octanol–water partition coefficient (Wildman–Crippen LogP) is 4.40. The fraction of sp³-hybridized carbons (Fsp3) is 0.409. The maximum atomic E-state index is 4.25. The Morgan fingerprint density at radius 2 is 2.08 bits per heavy atom. The van der Waals surface area contributed by atoms with E-state index < -0.39 is 0 Å². The fourth-order valence-electron chi connectivity index (χ4n) is 3.94. The zero-order valence-corrected chi connectivity index (χ0v) is 15.5. The lowest BCUT2D eigenvalue weighted by molar-refractivity contribution is 0.328. The molecule has 3 heterocycles. The van der Waals surface area contributed by atoms with E-state index in [1.165, 1.54) is 53.7 Å². The van der Waals surface area contributed by atoms with Crippen molar-refractivity contribution in [3.05, 3.63) is 65.6 Å². The number of aromatic amines is 1. The highest BCUT2D eigenvalue weighted by atomic mass is 15.1. The number of pyridine rings is 1. The number of nitrogens with zero attached hydrogens (tertiary/aromatic N) is 2. The number of aromatic nitrogens is 2. The van der Waals surface area contributed by atoms with Crippen LogP contribution in [0.5, 0.6) is 0 Å². The molecular weight excluding hydrogens is 320 g/mol. The van der Waals surface area contributed by atoms with Crippen molar-refractivity contribution in [1.29, 1.82) is 0 Å². The molecule has 1 aromatic carbocycles. The van der Waals surface area contributed by atoms with Crippen LogP contribution in [-0.2, 0) is 13.1 Å². The molecule has 0 saturated carbocycles. The third kappa shape index (κ3) is 3.97. The van der Waals surface area contributed by atoms with Crippen LogP contribution in [0.3, 0.4) is 0 Å². The molecule has 1 aliphatic rings. The number of hydrogen-bond donors (Lipinski definition) is 2. The molecular formula is C22H28N4. The molecule has 0 bridgehead atoms. The predicted molar refractivity (Wildman–Crippen MR) is 107 cm³/mol. The van der Waals surface area contributed by atoms with Crippen molar-refractivity contribution >= 4 is 10.9 Å². The van der Waals surface area contributed by atoms with Gasteiger partial charge in [-0.2, -0.15) is 0 Å². The van der Waals surface area contributed by atoms with Crippen LogP contribution in [0.2, 0.25) is 0 Å². The van der Waals surface area contributed by atoms with Crippen molar-refractivity contribution in [2.75, 3.05) is 13.1 Å². The summed E-state index contributed by atoms with van der Waals surface area (Å²) in [5, 5.41) is 4.99. The number of likely N-dealkylation sites (tertiary alicyclic amines) is 1. The number of H-pyrrole nitrogens is 1. The number of nitrogens with one attached hydrogen (secondary N) is 2. The molecule has 1 fully saturated rings. The molecule has 0 spiro atoms. The van der Waals surface area contributed by atoms with Gasteiger partial charge in [0, 0.05) is 48.1 Å². The molecule has 0 radical (unpaired) electrons. The number of rotatable bonds is 7. The van der Waals surface area contributed by atoms with Gasteiger partial charge in [-0.1, -0.05) is 19.1 Å². The van der Waals surface area contributed by atoms with E-state index in [1.54, 1.807) is 0 Å². The van der Waals surface area contributed by atoms with Gasteiger partial charge in [0.2, 0.25) is 0 Å². The highest BCUT2D eigenvalue weighted by Gasteiger charge is 2.13. The number of fused-ring (bicyclic) bond motifs is 1. The molecule has 2 aromatic heterocycles. The minimum Gasteiger partial charge on any atom is -0.357 e. The summed E-state index contributed by atoms with van der Waals surface area (Å²) in [6.45, 7) is 6.59. The van der Waals surface area contributed by atoms with E-state index in [-0.39, 0.29) is 0 Å². The van der Waals surface area contributed by atoms with Crippen LogP contribution in [0.25, 0.3) is 10.9 Å². The van der Waals surface area contributed by atoms with Gasteiger partial charge in [0.15, 0.2) is 0 Å². The first kappa shape index (κ1) is 17.3. The molecule has 1 atom stereocenters. The summed E-state index contributed by atoms with van der Waals surface area (Å²) in [6, 6.07) is 13.6. The van der Waals surface area contributed by atoms with Crippen LogP contribution in [0.4, 0.5) is 0 Å². The molecule has 0 amide bonds. The molecule has 2 N–H and O–H groups in total. The topological polar surface area (TPSA) is 44.0 Å². The summed E-state index contributed by atoms with van der Waals surface area (Å²) in [4.78, 5) is 10.4. The quantitative estimate of drug-likeness (QED) is 0.665. The van der Waals surface area contributed by atoms with Crippen molar-refractivity contribution in [3.63, 3.8) is 0 Å². The molecule has 4 heteroatoms. The minimum atomic E-state index is 0.344. The summed E-state index contributed by atoms with van der Waals surface area (Å²) in [5.74, 6) is 0. The van der Waals surface area contributed by atoms with E-state index in [9.17, 15) is 0 Å². The van der Waals surface area contributed by atoms with Crippen LogP contribution in [0, 0.1) is 0 Å². The van der Waals surface area contributed by atoms with Crippen LogP contribution in [0.15, 0.2) is 48.8 Å². The first-order valence-corrected chi connectivity index (χ1v) is 9.78. The molecule has 4 nitrogen and oxygen atoms in total. The van der Waals surface area contributed by atoms with Crippen molar-refractivity contribution in [3.8, 4) is 0 Å². The molecule has 4 rings (SSSR count). The summed E-state index contributed by atoms with van der Waals surface area (Å²) in [7, 11) is 0. The Labute approximate surface area is 155 Å². The zero-order chi connectivity index (χ0) is 17.8. The van der Waals surface area contributed by atoms with Crippen LogP contribution < -0.4 is 5.32 Å². The maximum Gasteiger partial charge on any atom is 0.0456 e. The summed E-state index contributed by atoms with van der Waals surface area (Å²) in [5.41, 5.74) is 5.15. The largest absolute Gasteiger partial charge is 0.357 e. The van der Waals surface area contributed by atoms with Gasteiger partial charge < -0.3 is 10.3 Å². The Hall–Kier alpha value is -2.17. The summed E-state index contributed by atoms with van der Waals surface area (Å²) in [6.07, 6.45) is 7.52. The Kier molecular flexibility index (Phi) is 5.32. The second-order valence-electron chi connectivity index (χ2n) is 7.33. The smallest absolute Gasteiger partial charge is 0.0456 e. The highest BCUT2D eigenvalue weighted by Crippen LogP contribution is 2.21. The van der Waals surface area contributed by atoms with E-state index in [1.807, 2.05) is 18.5 Å². The lowest BCUT2D eigenvalue weighted by Crippen LogP contribution is -2.20. The molecule has 26 heavy (non-hydrogen) atoms. The van der Waals surface area contributed by atoms with Crippen LogP contribution in [-0.4, -0.2) is 28.0 Å². The van der Waals surface area contributed by atoms with Gasteiger partial charge in [0.25, 0.3) is 0 Å². The van der Waals surface area contributed by atoms with Crippen molar-refractivity contribution in [2.45, 2.75) is 45.3 Å². The Bertz CT molecular complexity index is 834. The summed E-state index contributed by atoms with van der Waals surface area (Å²) >= 11 is 0. The first-order chi connectivity index (χ1) is 12.8. The lowest BCUT2D eigenvalue weighted by Gasteiger charge is -2.17. The molecule has 1 aliphatic heterocycles. The Morgan fingerprint density at radius 1 is 1.19 bits per heavy atom. The summed E-state index contributed by atoms with van der Waals surface area (Å²) < 4.78 is 0. The van der Waals surface area contributed by atoms with Gasteiger partial charge in [-0.05, 0) is 67.7 Å². The van der Waals surface area contributed by atoms with E-state index in [4.69, 9.17) is 0 Å². The van der Waals surface area contributed by atoms with Crippen LogP contribution >= 0.6 is 0 Å². The van der Waals surface area contributed by atoms with Gasteiger partial charge >= 0.3 is 0 Å². The zero-order valence-electron chi connectivity index (χ0n) is 15.5. The third-order valence-corrected chi connectivity index (χ3v) is 5.38. The average molecular weight is 348 g/mol. The Balaban J connectivity index is 1.43. The second-order valence-corrected chi connectivity index (χ2v) is 7.33. The van der Waals surface area contributed by atoms with E-state index in [2.05, 4.69) is 57.4 Å². The average Bonchev–Trinajstić information content (AvgIpc) is 3.32. The Morgan fingerprint density at radius 3 is 2.85 bits per heavy atom. The third-order valence-electron chi connectivity index (χ3n) is 5.38. The van der Waals surface area contributed by atoms with E-state index >= 15 is 0 Å². The molecule has 0 aliphatic carbocycles. The molecule has 3 aromatic rings. The van der Waals surface area contributed by atoms with Crippen molar-refractivity contribution < 1.29 is 0 Å².